The van der Waals surface area contributed by atoms with Crippen molar-refractivity contribution < 1.29 is 8.83 Å². The fraction of sp³-hybridized carbons (Fsp3) is 0. The number of hydrogen-bond acceptors (Lipinski definition) is 5. The summed E-state index contributed by atoms with van der Waals surface area (Å²) in [5.41, 5.74) is 11.2. The zero-order valence-corrected chi connectivity index (χ0v) is 31.1. The molecule has 0 saturated heterocycles. The van der Waals surface area contributed by atoms with Gasteiger partial charge >= 0.3 is 0 Å². The minimum Gasteiger partial charge on any atom is -0.455 e. The first-order valence-electron chi connectivity index (χ1n) is 19.1. The van der Waals surface area contributed by atoms with E-state index < -0.39 is 0 Å². The normalized spacial score (nSPS) is 12.2. The van der Waals surface area contributed by atoms with Crippen molar-refractivity contribution in [3.8, 4) is 33.6 Å². The number of thiophene rings is 1. The minimum absolute atomic E-state index is 0.767. The first kappa shape index (κ1) is 30.9. The largest absolute Gasteiger partial charge is 0.455 e. The molecule has 8 aromatic carbocycles. The highest BCUT2D eigenvalue weighted by atomic mass is 32.1. The molecule has 0 saturated carbocycles. The van der Waals surface area contributed by atoms with Crippen molar-refractivity contribution in [3.63, 3.8) is 0 Å². The Bertz CT molecular complexity index is 3820. The van der Waals surface area contributed by atoms with E-state index in [0.29, 0.717) is 0 Å². The molecular formula is C52H28N2O2S. The van der Waals surface area contributed by atoms with E-state index in [1.807, 2.05) is 41.7 Å². The summed E-state index contributed by atoms with van der Waals surface area (Å²) >= 11 is 1.87. The minimum atomic E-state index is 0.767. The van der Waals surface area contributed by atoms with Gasteiger partial charge in [-0.25, -0.2) is 9.97 Å². The summed E-state index contributed by atoms with van der Waals surface area (Å²) in [4.78, 5) is 10.9. The van der Waals surface area contributed by atoms with Crippen LogP contribution in [0.3, 0.4) is 0 Å². The van der Waals surface area contributed by atoms with E-state index in [4.69, 9.17) is 18.8 Å². The SMILES string of the molecule is c1ccc(-c2nc3cc(-c4cccc(-c5nc6c(ccc7c8ccccc8oc76)c6oc7ccccc7c56)c4)ccc3c3c2ccc2c4ccccc4sc23)cc1. The maximum absolute atomic E-state index is 6.66. The summed E-state index contributed by atoms with van der Waals surface area (Å²) in [6, 6.07) is 59.9. The second kappa shape index (κ2) is 11.6. The lowest BCUT2D eigenvalue weighted by molar-refractivity contribution is 0.668. The van der Waals surface area contributed by atoms with E-state index in [1.54, 1.807) is 0 Å². The highest BCUT2D eigenvalue weighted by Gasteiger charge is 2.22. The zero-order valence-electron chi connectivity index (χ0n) is 30.3. The highest BCUT2D eigenvalue weighted by Crippen LogP contribution is 2.46. The molecule has 5 heterocycles. The first-order chi connectivity index (χ1) is 28.2. The van der Waals surface area contributed by atoms with Crippen molar-refractivity contribution in [2.24, 2.45) is 0 Å². The van der Waals surface area contributed by atoms with Crippen molar-refractivity contribution in [1.29, 1.82) is 0 Å². The number of aromatic nitrogens is 2. The van der Waals surface area contributed by atoms with Crippen LogP contribution in [0.5, 0.6) is 0 Å². The summed E-state index contributed by atoms with van der Waals surface area (Å²) in [7, 11) is 0. The topological polar surface area (TPSA) is 52.1 Å². The predicted octanol–water partition coefficient (Wildman–Crippen LogP) is 15.1. The molecule has 0 atom stereocenters. The standard InChI is InChI=1S/C52H28N2O2S/c1-2-11-29(12-3-1)47-39-25-24-36-34-16-6-9-20-44(34)57-52(36)45(39)37-22-21-31(28-41(37)53-47)30-13-10-14-32(27-30)48-46-38-17-5-8-19-43(38)55-50(46)40-26-23-35-33-15-4-7-18-42(33)56-51(35)49(40)54-48/h1-28H. The molecule has 0 amide bonds. The molecule has 0 radical (unpaired) electrons. The third-order valence-corrected chi connectivity index (χ3v) is 12.8. The van der Waals surface area contributed by atoms with Crippen LogP contribution in [-0.2, 0) is 0 Å². The van der Waals surface area contributed by atoms with E-state index in [0.717, 1.165) is 99.3 Å². The van der Waals surface area contributed by atoms with Gasteiger partial charge in [0.1, 0.15) is 22.3 Å². The maximum atomic E-state index is 6.66. The van der Waals surface area contributed by atoms with Gasteiger partial charge in [0.05, 0.1) is 22.3 Å². The number of pyridine rings is 2. The van der Waals surface area contributed by atoms with Crippen LogP contribution >= 0.6 is 11.3 Å². The quantitative estimate of drug-likeness (QED) is 0.169. The molecule has 0 fully saturated rings. The van der Waals surface area contributed by atoms with E-state index >= 15 is 0 Å². The lowest BCUT2D eigenvalue weighted by Crippen LogP contribution is -1.92. The van der Waals surface area contributed by atoms with Gasteiger partial charge in [0.25, 0.3) is 0 Å². The molecule has 0 bridgehead atoms. The van der Waals surface area contributed by atoms with Crippen LogP contribution in [0.1, 0.15) is 0 Å². The van der Waals surface area contributed by atoms with Gasteiger partial charge in [-0.05, 0) is 53.6 Å². The first-order valence-corrected chi connectivity index (χ1v) is 20.0. The summed E-state index contributed by atoms with van der Waals surface area (Å²) in [5, 5.41) is 11.2. The molecule has 4 nitrogen and oxygen atoms in total. The Labute approximate surface area is 328 Å². The summed E-state index contributed by atoms with van der Waals surface area (Å²) in [5.74, 6) is 0. The van der Waals surface area contributed by atoms with Crippen molar-refractivity contribution in [2.45, 2.75) is 0 Å². The van der Waals surface area contributed by atoms with Crippen molar-refractivity contribution in [2.75, 3.05) is 0 Å². The molecule has 5 heteroatoms. The number of hydrogen-bond donors (Lipinski definition) is 0. The molecule has 0 N–H and O–H groups in total. The Hall–Kier alpha value is -7.34. The Morgan fingerprint density at radius 3 is 1.91 bits per heavy atom. The van der Waals surface area contributed by atoms with Gasteiger partial charge in [-0.15, -0.1) is 11.3 Å². The molecule has 0 unspecified atom stereocenters. The maximum Gasteiger partial charge on any atom is 0.161 e. The Morgan fingerprint density at radius 2 is 1.02 bits per heavy atom. The van der Waals surface area contributed by atoms with Gasteiger partial charge in [-0.2, -0.15) is 0 Å². The van der Waals surface area contributed by atoms with Crippen LogP contribution in [0, 0.1) is 0 Å². The molecule has 0 aliphatic heterocycles. The molecule has 0 aliphatic carbocycles. The molecule has 264 valence electrons. The lowest BCUT2D eigenvalue weighted by Gasteiger charge is -2.13. The van der Waals surface area contributed by atoms with Crippen molar-refractivity contribution in [1.82, 2.24) is 9.97 Å². The Morgan fingerprint density at radius 1 is 0.368 bits per heavy atom. The second-order valence-electron chi connectivity index (χ2n) is 14.8. The van der Waals surface area contributed by atoms with Gasteiger partial charge in [0.15, 0.2) is 5.58 Å². The average Bonchev–Trinajstić information content (AvgIpc) is 3.98. The van der Waals surface area contributed by atoms with Gasteiger partial charge in [0.2, 0.25) is 0 Å². The number of nitrogens with zero attached hydrogens (tertiary/aromatic N) is 2. The number of rotatable bonds is 3. The van der Waals surface area contributed by atoms with Crippen molar-refractivity contribution in [3.05, 3.63) is 170 Å². The monoisotopic (exact) mass is 744 g/mol. The van der Waals surface area contributed by atoms with E-state index in [2.05, 4.69) is 140 Å². The van der Waals surface area contributed by atoms with Crippen LogP contribution in [0.25, 0.3) is 130 Å². The smallest absolute Gasteiger partial charge is 0.161 e. The Kier molecular flexibility index (Phi) is 6.29. The fourth-order valence-electron chi connectivity index (χ4n) is 9.03. The third kappa shape index (κ3) is 4.43. The third-order valence-electron chi connectivity index (χ3n) is 11.6. The molecule has 57 heavy (non-hydrogen) atoms. The van der Waals surface area contributed by atoms with Crippen LogP contribution in [0.4, 0.5) is 0 Å². The molecule has 13 aromatic rings. The second-order valence-corrected chi connectivity index (χ2v) is 15.9. The Balaban J connectivity index is 1.06. The summed E-state index contributed by atoms with van der Waals surface area (Å²) in [6.07, 6.45) is 0. The van der Waals surface area contributed by atoms with Crippen LogP contribution in [0.2, 0.25) is 0 Å². The summed E-state index contributed by atoms with van der Waals surface area (Å²) in [6.45, 7) is 0. The van der Waals surface area contributed by atoms with Gasteiger partial charge in [0, 0.05) is 69.0 Å². The highest BCUT2D eigenvalue weighted by molar-refractivity contribution is 7.26. The number of fused-ring (bicyclic) bond motifs is 16. The zero-order chi connectivity index (χ0) is 37.2. The van der Waals surface area contributed by atoms with E-state index in [9.17, 15) is 0 Å². The molecular weight excluding hydrogens is 717 g/mol. The van der Waals surface area contributed by atoms with Gasteiger partial charge < -0.3 is 8.83 Å². The average molecular weight is 745 g/mol. The predicted molar refractivity (Wildman–Crippen MR) is 238 cm³/mol. The fourth-order valence-corrected chi connectivity index (χ4v) is 10.3. The number of benzene rings is 8. The number of furan rings is 2. The van der Waals surface area contributed by atoms with Crippen LogP contribution in [-0.4, -0.2) is 9.97 Å². The molecule has 13 rings (SSSR count). The molecule has 0 spiro atoms. The lowest BCUT2D eigenvalue weighted by atomic mass is 9.95. The van der Waals surface area contributed by atoms with E-state index in [1.165, 1.54) is 30.9 Å². The van der Waals surface area contributed by atoms with Gasteiger partial charge in [-0.1, -0.05) is 127 Å². The van der Waals surface area contributed by atoms with Crippen LogP contribution < -0.4 is 0 Å². The summed E-state index contributed by atoms with van der Waals surface area (Å²) < 4.78 is 15.8. The molecule has 5 aromatic heterocycles. The number of para-hydroxylation sites is 2. The molecule has 0 aliphatic rings. The van der Waals surface area contributed by atoms with E-state index in [-0.39, 0.29) is 0 Å². The van der Waals surface area contributed by atoms with Crippen molar-refractivity contribution >= 4 is 108 Å². The van der Waals surface area contributed by atoms with Gasteiger partial charge in [-0.3, -0.25) is 0 Å². The van der Waals surface area contributed by atoms with Crippen LogP contribution in [0.15, 0.2) is 179 Å².